The quantitative estimate of drug-likeness (QED) is 0.806. The van der Waals surface area contributed by atoms with Crippen molar-refractivity contribution >= 4 is 5.91 Å². The summed E-state index contributed by atoms with van der Waals surface area (Å²) in [6.07, 6.45) is 4.50. The standard InChI is InChI=1S/C11H14N4O2/c1-8-14-11(17-15-8)3-2-10(16)13-7-9-4-5-12-6-9/h4-6,12H,2-3,7H2,1H3,(H,13,16). The largest absolute Gasteiger partial charge is 0.367 e. The molecular formula is C11H14N4O2. The van der Waals surface area contributed by atoms with E-state index in [1.807, 2.05) is 18.5 Å². The lowest BCUT2D eigenvalue weighted by Gasteiger charge is -2.01. The first-order chi connectivity index (χ1) is 8.24. The van der Waals surface area contributed by atoms with Crippen LogP contribution >= 0.6 is 0 Å². The van der Waals surface area contributed by atoms with Crippen molar-refractivity contribution in [2.75, 3.05) is 0 Å². The number of nitrogens with zero attached hydrogens (tertiary/aromatic N) is 2. The first-order valence-electron chi connectivity index (χ1n) is 5.41. The summed E-state index contributed by atoms with van der Waals surface area (Å²) in [4.78, 5) is 18.5. The van der Waals surface area contributed by atoms with Gasteiger partial charge in [-0.05, 0) is 18.6 Å². The van der Waals surface area contributed by atoms with E-state index in [1.54, 1.807) is 6.92 Å². The lowest BCUT2D eigenvalue weighted by Crippen LogP contribution is -2.22. The molecule has 0 aliphatic heterocycles. The number of hydrogen-bond acceptors (Lipinski definition) is 4. The third-order valence-corrected chi connectivity index (χ3v) is 2.29. The van der Waals surface area contributed by atoms with Gasteiger partial charge in [0.1, 0.15) is 0 Å². The highest BCUT2D eigenvalue weighted by atomic mass is 16.5. The maximum atomic E-state index is 11.5. The molecular weight excluding hydrogens is 220 g/mol. The molecule has 2 rings (SSSR count). The second-order valence-corrected chi connectivity index (χ2v) is 3.73. The van der Waals surface area contributed by atoms with Crippen LogP contribution in [0.4, 0.5) is 0 Å². The summed E-state index contributed by atoms with van der Waals surface area (Å²) in [6.45, 7) is 2.28. The van der Waals surface area contributed by atoms with Gasteiger partial charge >= 0.3 is 0 Å². The van der Waals surface area contributed by atoms with Gasteiger partial charge in [0.05, 0.1) is 0 Å². The fraction of sp³-hybridized carbons (Fsp3) is 0.364. The van der Waals surface area contributed by atoms with E-state index in [-0.39, 0.29) is 5.91 Å². The zero-order valence-corrected chi connectivity index (χ0v) is 9.56. The Kier molecular flexibility index (Phi) is 3.54. The van der Waals surface area contributed by atoms with Crippen LogP contribution in [0, 0.1) is 6.92 Å². The predicted molar refractivity (Wildman–Crippen MR) is 60.0 cm³/mol. The number of rotatable bonds is 5. The van der Waals surface area contributed by atoms with Crippen LogP contribution in [0.3, 0.4) is 0 Å². The molecule has 0 aromatic carbocycles. The Morgan fingerprint density at radius 3 is 3.12 bits per heavy atom. The molecule has 2 N–H and O–H groups in total. The number of amides is 1. The molecule has 0 aliphatic carbocycles. The number of carbonyl (C=O) groups is 1. The normalized spacial score (nSPS) is 10.4. The van der Waals surface area contributed by atoms with E-state index in [2.05, 4.69) is 20.4 Å². The molecule has 0 atom stereocenters. The molecule has 0 spiro atoms. The van der Waals surface area contributed by atoms with Gasteiger partial charge in [0.2, 0.25) is 11.8 Å². The Hall–Kier alpha value is -2.11. The Bertz CT molecular complexity index is 475. The van der Waals surface area contributed by atoms with Crippen LogP contribution < -0.4 is 5.32 Å². The summed E-state index contributed by atoms with van der Waals surface area (Å²) in [7, 11) is 0. The van der Waals surface area contributed by atoms with Crippen molar-refractivity contribution in [1.82, 2.24) is 20.4 Å². The number of nitrogens with one attached hydrogen (secondary N) is 2. The fourth-order valence-electron chi connectivity index (χ4n) is 1.42. The van der Waals surface area contributed by atoms with Gasteiger partial charge in [0, 0.05) is 31.8 Å². The smallest absolute Gasteiger partial charge is 0.227 e. The number of carbonyl (C=O) groups excluding carboxylic acids is 1. The van der Waals surface area contributed by atoms with Crippen molar-refractivity contribution in [3.8, 4) is 0 Å². The second-order valence-electron chi connectivity index (χ2n) is 3.73. The highest BCUT2D eigenvalue weighted by molar-refractivity contribution is 5.75. The molecule has 0 unspecified atom stereocenters. The van der Waals surface area contributed by atoms with Crippen molar-refractivity contribution in [2.24, 2.45) is 0 Å². The van der Waals surface area contributed by atoms with Gasteiger partial charge < -0.3 is 14.8 Å². The first-order valence-corrected chi connectivity index (χ1v) is 5.41. The Morgan fingerprint density at radius 2 is 2.47 bits per heavy atom. The molecule has 17 heavy (non-hydrogen) atoms. The SMILES string of the molecule is Cc1noc(CCC(=O)NCc2cc[nH]c2)n1. The lowest BCUT2D eigenvalue weighted by molar-refractivity contribution is -0.121. The van der Waals surface area contributed by atoms with E-state index in [1.165, 1.54) is 0 Å². The van der Waals surface area contributed by atoms with Crippen molar-refractivity contribution < 1.29 is 9.32 Å². The number of aryl methyl sites for hydroxylation is 2. The summed E-state index contributed by atoms with van der Waals surface area (Å²) >= 11 is 0. The third kappa shape index (κ3) is 3.44. The van der Waals surface area contributed by atoms with E-state index in [9.17, 15) is 4.79 Å². The highest BCUT2D eigenvalue weighted by Gasteiger charge is 2.07. The molecule has 2 heterocycles. The van der Waals surface area contributed by atoms with E-state index in [4.69, 9.17) is 4.52 Å². The molecule has 2 aromatic rings. The average molecular weight is 234 g/mol. The zero-order chi connectivity index (χ0) is 12.1. The van der Waals surface area contributed by atoms with Gasteiger partial charge in [-0.15, -0.1) is 0 Å². The zero-order valence-electron chi connectivity index (χ0n) is 9.56. The van der Waals surface area contributed by atoms with Gasteiger partial charge in [-0.3, -0.25) is 4.79 Å². The summed E-state index contributed by atoms with van der Waals surface area (Å²) in [6, 6.07) is 1.92. The first kappa shape index (κ1) is 11.4. The van der Waals surface area contributed by atoms with Crippen LogP contribution in [0.25, 0.3) is 0 Å². The number of H-pyrrole nitrogens is 1. The van der Waals surface area contributed by atoms with Gasteiger partial charge in [-0.1, -0.05) is 5.16 Å². The number of hydrogen-bond donors (Lipinski definition) is 2. The Labute approximate surface area is 98.4 Å². The van der Waals surface area contributed by atoms with E-state index < -0.39 is 0 Å². The van der Waals surface area contributed by atoms with Crippen molar-refractivity contribution in [3.63, 3.8) is 0 Å². The summed E-state index contributed by atoms with van der Waals surface area (Å²) < 4.78 is 4.92. The topological polar surface area (TPSA) is 83.8 Å². The van der Waals surface area contributed by atoms with Crippen LogP contribution in [0.2, 0.25) is 0 Å². The van der Waals surface area contributed by atoms with Crippen molar-refractivity contribution in [2.45, 2.75) is 26.3 Å². The molecule has 0 bridgehead atoms. The van der Waals surface area contributed by atoms with Gasteiger partial charge in [0.25, 0.3) is 0 Å². The van der Waals surface area contributed by atoms with Crippen LogP contribution in [0.5, 0.6) is 0 Å². The summed E-state index contributed by atoms with van der Waals surface area (Å²) in [5.74, 6) is 1.06. The molecule has 6 heteroatoms. The van der Waals surface area contributed by atoms with Crippen LogP contribution in [0.15, 0.2) is 23.0 Å². The summed E-state index contributed by atoms with van der Waals surface area (Å²) in [5, 5.41) is 6.47. The minimum atomic E-state index is -0.0259. The Balaban J connectivity index is 1.71. The van der Waals surface area contributed by atoms with Crippen LogP contribution in [-0.4, -0.2) is 21.0 Å². The molecule has 0 radical (unpaired) electrons. The molecule has 1 amide bonds. The Morgan fingerprint density at radius 1 is 1.59 bits per heavy atom. The minimum absolute atomic E-state index is 0.0259. The average Bonchev–Trinajstić information content (AvgIpc) is 2.95. The van der Waals surface area contributed by atoms with Gasteiger partial charge in [-0.25, -0.2) is 0 Å². The second kappa shape index (κ2) is 5.29. The van der Waals surface area contributed by atoms with Crippen LogP contribution in [0.1, 0.15) is 23.7 Å². The van der Waals surface area contributed by atoms with Crippen molar-refractivity contribution in [3.05, 3.63) is 35.7 Å². The fourth-order valence-corrected chi connectivity index (χ4v) is 1.42. The van der Waals surface area contributed by atoms with E-state index in [0.29, 0.717) is 31.1 Å². The van der Waals surface area contributed by atoms with E-state index >= 15 is 0 Å². The maximum absolute atomic E-state index is 11.5. The molecule has 0 fully saturated rings. The van der Waals surface area contributed by atoms with Gasteiger partial charge in [0.15, 0.2) is 5.82 Å². The maximum Gasteiger partial charge on any atom is 0.227 e. The molecule has 0 saturated heterocycles. The van der Waals surface area contributed by atoms with Crippen LogP contribution in [-0.2, 0) is 17.8 Å². The third-order valence-electron chi connectivity index (χ3n) is 2.29. The molecule has 0 saturated carbocycles. The molecule has 0 aliphatic rings. The van der Waals surface area contributed by atoms with Gasteiger partial charge in [-0.2, -0.15) is 4.98 Å². The molecule has 2 aromatic heterocycles. The summed E-state index contributed by atoms with van der Waals surface area (Å²) in [5.41, 5.74) is 1.05. The molecule has 6 nitrogen and oxygen atoms in total. The van der Waals surface area contributed by atoms with Crippen molar-refractivity contribution in [1.29, 1.82) is 0 Å². The minimum Gasteiger partial charge on any atom is -0.367 e. The predicted octanol–water partition coefficient (Wildman–Crippen LogP) is 0.955. The number of aromatic nitrogens is 3. The lowest BCUT2D eigenvalue weighted by atomic mass is 10.3. The highest BCUT2D eigenvalue weighted by Crippen LogP contribution is 2.00. The molecule has 90 valence electrons. The number of aromatic amines is 1. The van der Waals surface area contributed by atoms with E-state index in [0.717, 1.165) is 5.56 Å². The monoisotopic (exact) mass is 234 g/mol.